The molecule has 4 heterocycles. The van der Waals surface area contributed by atoms with Crippen LogP contribution in [-0.2, 0) is 26.5 Å². The largest absolute Gasteiger partial charge is 0.305 e. The van der Waals surface area contributed by atoms with Crippen molar-refractivity contribution in [2.24, 2.45) is 5.41 Å². The van der Waals surface area contributed by atoms with Crippen LogP contribution in [0.25, 0.3) is 53.9 Å². The summed E-state index contributed by atoms with van der Waals surface area (Å²) in [5, 5.41) is 3.85. The van der Waals surface area contributed by atoms with Crippen LogP contribution in [0.1, 0.15) is 32.0 Å². The molecule has 0 bridgehead atoms. The molecular formula is C42H41IrN3SSi-2. The number of benzene rings is 3. The molecule has 1 radical (unpaired) electrons. The third-order valence-corrected chi connectivity index (χ3v) is 11.2. The topological polar surface area (TPSA) is 38.7 Å². The van der Waals surface area contributed by atoms with E-state index < -0.39 is 8.07 Å². The van der Waals surface area contributed by atoms with Gasteiger partial charge in [0.05, 0.1) is 8.07 Å². The van der Waals surface area contributed by atoms with E-state index in [1.54, 1.807) is 11.3 Å². The fourth-order valence-corrected chi connectivity index (χ4v) is 8.61. The summed E-state index contributed by atoms with van der Waals surface area (Å²) in [5.74, 6) is 0. The first kappa shape index (κ1) is 35.5. The molecule has 0 amide bonds. The third kappa shape index (κ3) is 8.25. The molecule has 3 nitrogen and oxygen atoms in total. The molecule has 0 unspecified atom stereocenters. The number of hydrogen-bond acceptors (Lipinski definition) is 4. The van der Waals surface area contributed by atoms with Gasteiger partial charge in [-0.15, -0.1) is 71.0 Å². The van der Waals surface area contributed by atoms with Gasteiger partial charge in [0.25, 0.3) is 0 Å². The number of nitrogens with zero attached hydrogens (tertiary/aromatic N) is 3. The number of rotatable bonds is 5. The van der Waals surface area contributed by atoms with Gasteiger partial charge in [-0.05, 0) is 68.7 Å². The zero-order chi connectivity index (χ0) is 33.2. The van der Waals surface area contributed by atoms with Crippen LogP contribution in [0.5, 0.6) is 0 Å². The van der Waals surface area contributed by atoms with Gasteiger partial charge in [-0.2, -0.15) is 0 Å². The number of fused-ring (bicyclic) bond motifs is 3. The van der Waals surface area contributed by atoms with Crippen LogP contribution in [0.4, 0.5) is 0 Å². The molecule has 6 heteroatoms. The Hall–Kier alpha value is -3.80. The van der Waals surface area contributed by atoms with Gasteiger partial charge >= 0.3 is 0 Å². The average Bonchev–Trinajstić information content (AvgIpc) is 3.42. The maximum Gasteiger partial charge on any atom is 0.113 e. The van der Waals surface area contributed by atoms with Crippen molar-refractivity contribution in [3.8, 4) is 33.6 Å². The molecule has 3 aromatic carbocycles. The summed E-state index contributed by atoms with van der Waals surface area (Å²) in [7, 11) is -1.37. The van der Waals surface area contributed by atoms with E-state index in [4.69, 9.17) is 9.97 Å². The molecule has 0 saturated heterocycles. The van der Waals surface area contributed by atoms with E-state index in [1.807, 2.05) is 43.5 Å². The van der Waals surface area contributed by atoms with Crippen LogP contribution < -0.4 is 5.19 Å². The fraction of sp³-hybridized carbons (Fsp3) is 0.214. The summed E-state index contributed by atoms with van der Waals surface area (Å²) >= 11 is 1.73. The molecule has 0 aliphatic heterocycles. The second-order valence-corrected chi connectivity index (χ2v) is 20.4. The number of aromatic nitrogens is 3. The maximum atomic E-state index is 4.71. The second-order valence-electron chi connectivity index (χ2n) is 14.3. The first-order valence-electron chi connectivity index (χ1n) is 16.2. The smallest absolute Gasteiger partial charge is 0.113 e. The van der Waals surface area contributed by atoms with E-state index in [1.165, 1.54) is 31.8 Å². The molecule has 245 valence electrons. The normalized spacial score (nSPS) is 11.6. The molecule has 0 spiro atoms. The molecule has 48 heavy (non-hydrogen) atoms. The Kier molecular flexibility index (Phi) is 10.9. The number of aryl methyl sites for hydroxylation is 1. The van der Waals surface area contributed by atoms with Crippen LogP contribution >= 0.6 is 11.3 Å². The Morgan fingerprint density at radius 1 is 0.771 bits per heavy atom. The second kappa shape index (κ2) is 14.8. The zero-order valence-electron chi connectivity index (χ0n) is 28.7. The summed E-state index contributed by atoms with van der Waals surface area (Å²) in [6.07, 6.45) is 5.08. The van der Waals surface area contributed by atoms with Crippen LogP contribution in [0.3, 0.4) is 0 Å². The van der Waals surface area contributed by atoms with Gasteiger partial charge in [0.2, 0.25) is 0 Å². The Morgan fingerprint density at radius 2 is 1.54 bits per heavy atom. The maximum absolute atomic E-state index is 4.71. The Morgan fingerprint density at radius 3 is 2.25 bits per heavy atom. The Balaban J connectivity index is 0.000000189. The Labute approximate surface area is 303 Å². The quantitative estimate of drug-likeness (QED) is 0.128. The Bertz CT molecular complexity index is 2150. The summed E-state index contributed by atoms with van der Waals surface area (Å²) in [4.78, 5) is 15.1. The van der Waals surface area contributed by atoms with Crippen molar-refractivity contribution in [1.29, 1.82) is 0 Å². The molecule has 7 rings (SSSR count). The molecule has 4 aromatic heterocycles. The minimum absolute atomic E-state index is 0. The summed E-state index contributed by atoms with van der Waals surface area (Å²) < 4.78 is 1.22. The summed E-state index contributed by atoms with van der Waals surface area (Å²) in [6, 6.07) is 40.0. The van der Waals surface area contributed by atoms with Crippen molar-refractivity contribution in [3.63, 3.8) is 0 Å². The van der Waals surface area contributed by atoms with Gasteiger partial charge in [-0.3, -0.25) is 0 Å². The third-order valence-electron chi connectivity index (χ3n) is 8.06. The van der Waals surface area contributed by atoms with Gasteiger partial charge in [-0.25, -0.2) is 4.98 Å². The zero-order valence-corrected chi connectivity index (χ0v) is 32.9. The van der Waals surface area contributed by atoms with Crippen LogP contribution in [-0.4, -0.2) is 23.0 Å². The predicted octanol–water partition coefficient (Wildman–Crippen LogP) is 11.0. The van der Waals surface area contributed by atoms with Gasteiger partial charge in [-0.1, -0.05) is 99.9 Å². The monoisotopic (exact) mass is 840 g/mol. The van der Waals surface area contributed by atoms with Crippen LogP contribution in [0, 0.1) is 24.5 Å². The molecule has 0 saturated carbocycles. The van der Waals surface area contributed by atoms with Crippen molar-refractivity contribution >= 4 is 44.9 Å². The molecule has 0 atom stereocenters. The van der Waals surface area contributed by atoms with Crippen LogP contribution in [0.2, 0.25) is 19.6 Å². The standard InChI is InChI=1S/C23H15N2S.C19H26NSi.Ir/c1-15-10-11-19-22-18(8-5-9-21(22)26-23(19)25-15)20-14-17(12-13-24-20)16-6-3-2-4-7-16;1-19(2,3)13-16-12-17(15-10-8-7-9-11-15)20-14-18(16)21(4,5)6;/h2-7,9-14H,1H3;7-10,12,14H,13H2,1-6H3;/q2*-1;. The first-order valence-corrected chi connectivity index (χ1v) is 20.5. The molecule has 0 aliphatic carbocycles. The van der Waals surface area contributed by atoms with E-state index in [0.717, 1.165) is 45.0 Å². The molecule has 0 aliphatic rings. The van der Waals surface area contributed by atoms with Crippen molar-refractivity contribution in [2.75, 3.05) is 0 Å². The first-order chi connectivity index (χ1) is 22.5. The molecular weight excluding hydrogens is 799 g/mol. The summed E-state index contributed by atoms with van der Waals surface area (Å²) in [6.45, 7) is 16.1. The number of hydrogen-bond donors (Lipinski definition) is 0. The van der Waals surface area contributed by atoms with Crippen molar-refractivity contribution < 1.29 is 20.1 Å². The molecule has 0 N–H and O–H groups in total. The average molecular weight is 840 g/mol. The van der Waals surface area contributed by atoms with Crippen molar-refractivity contribution in [2.45, 2.75) is 53.8 Å². The van der Waals surface area contributed by atoms with Crippen molar-refractivity contribution in [1.82, 2.24) is 15.0 Å². The minimum atomic E-state index is -1.37. The van der Waals surface area contributed by atoms with E-state index in [0.29, 0.717) is 0 Å². The van der Waals surface area contributed by atoms with E-state index in [2.05, 4.69) is 130 Å². The van der Waals surface area contributed by atoms with E-state index in [9.17, 15) is 0 Å². The van der Waals surface area contributed by atoms with Crippen molar-refractivity contribution in [3.05, 3.63) is 133 Å². The van der Waals surface area contributed by atoms with Gasteiger partial charge in [0.1, 0.15) is 4.83 Å². The van der Waals surface area contributed by atoms with Gasteiger partial charge in [0.15, 0.2) is 0 Å². The van der Waals surface area contributed by atoms with E-state index >= 15 is 0 Å². The van der Waals surface area contributed by atoms with Gasteiger partial charge < -0.3 is 9.97 Å². The summed E-state index contributed by atoms with van der Waals surface area (Å²) in [5.41, 5.74) is 9.24. The molecule has 0 fully saturated rings. The number of thiophene rings is 1. The van der Waals surface area contributed by atoms with Gasteiger partial charge in [0, 0.05) is 38.2 Å². The SMILES string of the molecule is CC(C)(C)Cc1cc(-c2[c-]cccc2)ncc1[Si](C)(C)C.Cc1ccc2c(n1)sc1cc[c-]c(-c3cc(-c4ccccc4)ccn3)c12.[Ir]. The van der Waals surface area contributed by atoms with E-state index in [-0.39, 0.29) is 25.5 Å². The molecule has 7 aromatic rings. The van der Waals surface area contributed by atoms with Crippen LogP contribution in [0.15, 0.2) is 109 Å². The minimum Gasteiger partial charge on any atom is -0.305 e. The number of pyridine rings is 3. The fourth-order valence-electron chi connectivity index (χ4n) is 5.91. The predicted molar refractivity (Wildman–Crippen MR) is 204 cm³/mol.